The third-order valence-corrected chi connectivity index (χ3v) is 6.78. The number of nitrogens with two attached hydrogens (primary N) is 1. The van der Waals surface area contributed by atoms with Gasteiger partial charge in [-0.1, -0.05) is 33.1 Å². The number of carboxylic acid groups (broad SMARTS) is 1. The third-order valence-electron chi connectivity index (χ3n) is 4.82. The van der Waals surface area contributed by atoms with Gasteiger partial charge in [0.15, 0.2) is 0 Å². The highest BCUT2D eigenvalue weighted by molar-refractivity contribution is 8.00. The van der Waals surface area contributed by atoms with Crippen molar-refractivity contribution < 1.29 is 24.2 Å². The van der Waals surface area contributed by atoms with E-state index in [0.29, 0.717) is 11.7 Å². The van der Waals surface area contributed by atoms with Gasteiger partial charge in [-0.2, -0.15) is 11.8 Å². The smallest absolute Gasteiger partial charge is 0.329 e. The van der Waals surface area contributed by atoms with Crippen LogP contribution in [0.4, 0.5) is 0 Å². The molecule has 1 saturated carbocycles. The predicted octanol–water partition coefficient (Wildman–Crippen LogP) is 1.54. The molecule has 7 nitrogen and oxygen atoms in total. The number of ether oxygens (including phenoxy) is 1. The Morgan fingerprint density at radius 3 is 2.32 bits per heavy atom. The molecule has 4 N–H and O–H groups in total. The summed E-state index contributed by atoms with van der Waals surface area (Å²) < 4.78 is 4.88. The summed E-state index contributed by atoms with van der Waals surface area (Å²) in [6.07, 6.45) is 5.28. The molecular formula is C17H30N2O5S. The molecule has 0 unspecified atom stereocenters. The molecule has 0 radical (unpaired) electrons. The number of aliphatic carboxylic acids is 1. The molecule has 1 rings (SSSR count). The van der Waals surface area contributed by atoms with Crippen LogP contribution < -0.4 is 11.1 Å². The highest BCUT2D eigenvalue weighted by Crippen LogP contribution is 2.45. The Hall–Kier alpha value is -1.28. The van der Waals surface area contributed by atoms with Gasteiger partial charge in [0.25, 0.3) is 0 Å². The number of hydrogen-bond acceptors (Lipinski definition) is 6. The molecule has 1 fully saturated rings. The van der Waals surface area contributed by atoms with E-state index in [2.05, 4.69) is 19.2 Å². The Morgan fingerprint density at radius 2 is 1.84 bits per heavy atom. The number of hydrogen-bond donors (Lipinski definition) is 3. The van der Waals surface area contributed by atoms with E-state index in [0.717, 1.165) is 12.8 Å². The lowest BCUT2D eigenvalue weighted by molar-refractivity contribution is -0.144. The maximum atomic E-state index is 12.1. The molecular weight excluding hydrogens is 344 g/mol. The fraction of sp³-hybridized carbons (Fsp3) is 0.824. The number of amides is 1. The van der Waals surface area contributed by atoms with Crippen molar-refractivity contribution in [2.45, 2.75) is 69.2 Å². The van der Waals surface area contributed by atoms with Crippen LogP contribution in [0.15, 0.2) is 0 Å². The average molecular weight is 375 g/mol. The maximum absolute atomic E-state index is 12.1. The molecule has 0 aromatic rings. The van der Waals surface area contributed by atoms with Crippen molar-refractivity contribution in [2.75, 3.05) is 12.9 Å². The van der Waals surface area contributed by atoms with Crippen LogP contribution in [0.5, 0.6) is 0 Å². The zero-order chi connectivity index (χ0) is 19.0. The van der Waals surface area contributed by atoms with Gasteiger partial charge in [0.1, 0.15) is 6.04 Å². The van der Waals surface area contributed by atoms with E-state index in [9.17, 15) is 14.4 Å². The molecule has 0 bridgehead atoms. The van der Waals surface area contributed by atoms with Crippen LogP contribution in [0.2, 0.25) is 0 Å². The number of thioether (sulfide) groups is 1. The van der Waals surface area contributed by atoms with Crippen LogP contribution >= 0.6 is 11.8 Å². The average Bonchev–Trinajstić information content (AvgIpc) is 2.57. The van der Waals surface area contributed by atoms with Gasteiger partial charge in [0.2, 0.25) is 5.91 Å². The number of esters is 1. The molecule has 8 heteroatoms. The quantitative estimate of drug-likeness (QED) is 0.524. The monoisotopic (exact) mass is 374 g/mol. The van der Waals surface area contributed by atoms with Crippen molar-refractivity contribution in [3.8, 4) is 0 Å². The Bertz CT molecular complexity index is 478. The second-order valence-corrected chi connectivity index (χ2v) is 8.31. The Kier molecular flexibility index (Phi) is 8.71. The Labute approximate surface area is 153 Å². The molecule has 0 heterocycles. The lowest BCUT2D eigenvalue weighted by atomic mass is 9.81. The van der Waals surface area contributed by atoms with E-state index in [4.69, 9.17) is 15.6 Å². The van der Waals surface area contributed by atoms with Crippen LogP contribution in [-0.2, 0) is 19.1 Å². The summed E-state index contributed by atoms with van der Waals surface area (Å²) in [5.41, 5.74) is 5.57. The van der Waals surface area contributed by atoms with Crippen LogP contribution in [0, 0.1) is 5.92 Å². The second kappa shape index (κ2) is 10.0. The molecule has 144 valence electrons. The summed E-state index contributed by atoms with van der Waals surface area (Å²) >= 11 is 1.70. The number of carbonyl (C=O) groups is 3. The van der Waals surface area contributed by atoms with E-state index in [1.54, 1.807) is 11.8 Å². The van der Waals surface area contributed by atoms with Gasteiger partial charge in [-0.3, -0.25) is 9.59 Å². The standard InChI is InChI=1S/C17H30N2O5S/c1-11(2)17(7-5-4-6-8-17)25-10-13(16(23)24-3)19-15(22)12(18)9-14(20)21/h11-13H,4-10,18H2,1-3H3,(H,19,22)(H,20,21)/t12-,13-/m0/s1. The molecule has 25 heavy (non-hydrogen) atoms. The number of carbonyl (C=O) groups excluding carboxylic acids is 2. The highest BCUT2D eigenvalue weighted by Gasteiger charge is 2.37. The molecule has 0 saturated heterocycles. The summed E-state index contributed by atoms with van der Waals surface area (Å²) in [6.45, 7) is 4.37. The molecule has 2 atom stereocenters. The second-order valence-electron chi connectivity index (χ2n) is 6.88. The molecule has 0 spiro atoms. The minimum Gasteiger partial charge on any atom is -0.481 e. The topological polar surface area (TPSA) is 119 Å². The van der Waals surface area contributed by atoms with E-state index in [1.807, 2.05) is 0 Å². The van der Waals surface area contributed by atoms with Gasteiger partial charge in [0.05, 0.1) is 19.6 Å². The minimum atomic E-state index is -1.19. The highest BCUT2D eigenvalue weighted by atomic mass is 32.2. The molecule has 1 aliphatic carbocycles. The number of methoxy groups -OCH3 is 1. The number of nitrogens with one attached hydrogen (secondary N) is 1. The van der Waals surface area contributed by atoms with Crippen molar-refractivity contribution >= 4 is 29.6 Å². The zero-order valence-corrected chi connectivity index (χ0v) is 16.1. The first-order valence-corrected chi connectivity index (χ1v) is 9.70. The molecule has 0 aromatic heterocycles. The van der Waals surface area contributed by atoms with Crippen LogP contribution in [-0.4, -0.2) is 52.6 Å². The predicted molar refractivity (Wildman–Crippen MR) is 97.3 cm³/mol. The first kappa shape index (κ1) is 21.8. The van der Waals surface area contributed by atoms with Gasteiger partial charge in [-0.15, -0.1) is 0 Å². The lowest BCUT2D eigenvalue weighted by Gasteiger charge is -2.41. The number of carboxylic acids is 1. The van der Waals surface area contributed by atoms with Crippen molar-refractivity contribution in [1.82, 2.24) is 5.32 Å². The van der Waals surface area contributed by atoms with Gasteiger partial charge < -0.3 is 20.9 Å². The molecule has 0 aliphatic heterocycles. The van der Waals surface area contributed by atoms with Gasteiger partial charge in [-0.25, -0.2) is 4.79 Å². The largest absolute Gasteiger partial charge is 0.481 e. The summed E-state index contributed by atoms with van der Waals surface area (Å²) in [5.74, 6) is -1.51. The first-order chi connectivity index (χ1) is 11.7. The summed E-state index contributed by atoms with van der Waals surface area (Å²) in [6, 6.07) is -2.02. The summed E-state index contributed by atoms with van der Waals surface area (Å²) in [7, 11) is 1.27. The molecule has 0 aromatic carbocycles. The summed E-state index contributed by atoms with van der Waals surface area (Å²) in [5, 5.41) is 11.3. The minimum absolute atomic E-state index is 0.0957. The van der Waals surface area contributed by atoms with Crippen molar-refractivity contribution in [1.29, 1.82) is 0 Å². The van der Waals surface area contributed by atoms with E-state index < -0.39 is 36.4 Å². The maximum Gasteiger partial charge on any atom is 0.329 e. The van der Waals surface area contributed by atoms with E-state index in [1.165, 1.54) is 26.4 Å². The fourth-order valence-electron chi connectivity index (χ4n) is 3.16. The number of rotatable bonds is 9. The summed E-state index contributed by atoms with van der Waals surface area (Å²) in [4.78, 5) is 34.8. The van der Waals surface area contributed by atoms with Crippen LogP contribution in [0.1, 0.15) is 52.4 Å². The zero-order valence-electron chi connectivity index (χ0n) is 15.2. The SMILES string of the molecule is COC(=O)[C@H](CSC1(C(C)C)CCCCC1)NC(=O)[C@@H](N)CC(=O)O. The van der Waals surface area contributed by atoms with Gasteiger partial charge in [-0.05, 0) is 18.8 Å². The van der Waals surface area contributed by atoms with Crippen LogP contribution in [0.3, 0.4) is 0 Å². The van der Waals surface area contributed by atoms with Gasteiger partial charge in [0, 0.05) is 10.5 Å². The fourth-order valence-corrected chi connectivity index (χ4v) is 4.79. The van der Waals surface area contributed by atoms with E-state index >= 15 is 0 Å². The van der Waals surface area contributed by atoms with Crippen molar-refractivity contribution in [3.05, 3.63) is 0 Å². The lowest BCUT2D eigenvalue weighted by Crippen LogP contribution is -2.51. The Balaban J connectivity index is 2.74. The van der Waals surface area contributed by atoms with Crippen molar-refractivity contribution in [2.24, 2.45) is 11.7 Å². The molecule has 1 aliphatic rings. The van der Waals surface area contributed by atoms with E-state index in [-0.39, 0.29) is 4.75 Å². The first-order valence-electron chi connectivity index (χ1n) is 8.71. The molecule has 1 amide bonds. The Morgan fingerprint density at radius 1 is 1.24 bits per heavy atom. The normalized spacial score (nSPS) is 19.1. The van der Waals surface area contributed by atoms with Crippen molar-refractivity contribution in [3.63, 3.8) is 0 Å². The third kappa shape index (κ3) is 6.51. The van der Waals surface area contributed by atoms with Crippen LogP contribution in [0.25, 0.3) is 0 Å². The van der Waals surface area contributed by atoms with Gasteiger partial charge >= 0.3 is 11.9 Å².